The van der Waals surface area contributed by atoms with Gasteiger partial charge in [0.05, 0.1) is 12.1 Å². The molecule has 0 atom stereocenters. The predicted octanol–water partition coefficient (Wildman–Crippen LogP) is 3.93. The number of aliphatic hydroxyl groups is 1. The van der Waals surface area contributed by atoms with Crippen LogP contribution in [-0.4, -0.2) is 26.7 Å². The summed E-state index contributed by atoms with van der Waals surface area (Å²) in [6.07, 6.45) is 0. The summed E-state index contributed by atoms with van der Waals surface area (Å²) in [5, 5.41) is 12.3. The zero-order valence-electron chi connectivity index (χ0n) is 15.7. The summed E-state index contributed by atoms with van der Waals surface area (Å²) in [6, 6.07) is 13.3. The topological polar surface area (TPSA) is 93.3 Å². The van der Waals surface area contributed by atoms with Gasteiger partial charge in [-0.3, -0.25) is 0 Å². The quantitative estimate of drug-likeness (QED) is 0.491. The van der Waals surface area contributed by atoms with Gasteiger partial charge < -0.3 is 19.6 Å². The lowest BCUT2D eigenvalue weighted by Crippen LogP contribution is -2.06. The smallest absolute Gasteiger partial charge is 0.245 e. The van der Waals surface area contributed by atoms with E-state index in [9.17, 15) is 9.50 Å². The number of fused-ring (bicyclic) bond motifs is 1. The molecule has 7 nitrogen and oxygen atoms in total. The number of aromatic nitrogens is 3. The van der Waals surface area contributed by atoms with E-state index in [0.717, 1.165) is 5.56 Å². The number of ether oxygens (including phenoxy) is 1. The molecular formula is C21H19FN4O3. The van der Waals surface area contributed by atoms with Gasteiger partial charge in [-0.1, -0.05) is 12.1 Å². The Morgan fingerprint density at radius 1 is 1.03 bits per heavy atom. The third-order valence-corrected chi connectivity index (χ3v) is 4.23. The van der Waals surface area contributed by atoms with Crippen LogP contribution in [0.25, 0.3) is 22.5 Å². The lowest BCUT2D eigenvalue weighted by atomic mass is 10.2. The van der Waals surface area contributed by atoms with E-state index < -0.39 is 0 Å². The molecule has 0 aliphatic rings. The third-order valence-electron chi connectivity index (χ3n) is 4.23. The summed E-state index contributed by atoms with van der Waals surface area (Å²) < 4.78 is 24.3. The second kappa shape index (κ2) is 8.24. The molecule has 3 heterocycles. The minimum absolute atomic E-state index is 0.177. The molecule has 4 aromatic rings. The minimum atomic E-state index is -0.279. The molecule has 0 amide bonds. The van der Waals surface area contributed by atoms with Gasteiger partial charge in [-0.25, -0.2) is 14.4 Å². The van der Waals surface area contributed by atoms with Gasteiger partial charge in [0.2, 0.25) is 11.8 Å². The van der Waals surface area contributed by atoms with E-state index >= 15 is 0 Å². The lowest BCUT2D eigenvalue weighted by Gasteiger charge is -2.10. The first-order chi connectivity index (χ1) is 14.2. The average Bonchev–Trinajstić information content (AvgIpc) is 3.23. The fourth-order valence-corrected chi connectivity index (χ4v) is 2.83. The van der Waals surface area contributed by atoms with Gasteiger partial charge >= 0.3 is 0 Å². The van der Waals surface area contributed by atoms with Crippen LogP contribution >= 0.6 is 0 Å². The molecule has 4 rings (SSSR count). The van der Waals surface area contributed by atoms with Gasteiger partial charge in [0.25, 0.3) is 0 Å². The van der Waals surface area contributed by atoms with Crippen molar-refractivity contribution in [3.8, 4) is 17.3 Å². The van der Waals surface area contributed by atoms with Crippen LogP contribution in [0.1, 0.15) is 18.2 Å². The maximum absolute atomic E-state index is 13.1. The standard InChI is InChI=1S/C21H19FN4O3/c1-2-28-20-19-17(9-8-16(24-19)18-10-7-15(12-27)29-18)25-21(26-20)23-11-13-3-5-14(22)6-4-13/h3-10,27H,2,11-12H2,1H3,(H,23,25,26). The van der Waals surface area contributed by atoms with Crippen LogP contribution in [-0.2, 0) is 13.2 Å². The van der Waals surface area contributed by atoms with Crippen molar-refractivity contribution in [2.45, 2.75) is 20.1 Å². The summed E-state index contributed by atoms with van der Waals surface area (Å²) in [5.41, 5.74) is 2.62. The Kier molecular flexibility index (Phi) is 5.35. The van der Waals surface area contributed by atoms with Crippen LogP contribution in [0, 0.1) is 5.82 Å². The maximum atomic E-state index is 13.1. The van der Waals surface area contributed by atoms with Crippen LogP contribution in [0.5, 0.6) is 5.88 Å². The number of furan rings is 1. The highest BCUT2D eigenvalue weighted by Crippen LogP contribution is 2.27. The van der Waals surface area contributed by atoms with Crippen LogP contribution in [0.15, 0.2) is 52.9 Å². The Morgan fingerprint density at radius 3 is 2.59 bits per heavy atom. The first kappa shape index (κ1) is 18.8. The van der Waals surface area contributed by atoms with Gasteiger partial charge in [-0.05, 0) is 48.9 Å². The summed E-state index contributed by atoms with van der Waals surface area (Å²) in [4.78, 5) is 13.5. The molecule has 0 fully saturated rings. The maximum Gasteiger partial charge on any atom is 0.245 e. The largest absolute Gasteiger partial charge is 0.476 e. The Labute approximate surface area is 166 Å². The Morgan fingerprint density at radius 2 is 1.86 bits per heavy atom. The molecule has 3 aromatic heterocycles. The zero-order valence-corrected chi connectivity index (χ0v) is 15.7. The van der Waals surface area contributed by atoms with Gasteiger partial charge in [0.1, 0.15) is 23.9 Å². The number of rotatable bonds is 7. The molecule has 148 valence electrons. The SMILES string of the molecule is CCOc1nc(NCc2ccc(F)cc2)nc2ccc(-c3ccc(CO)o3)nc12. The number of hydrogen-bond acceptors (Lipinski definition) is 7. The molecule has 0 bridgehead atoms. The molecule has 0 radical (unpaired) electrons. The molecule has 29 heavy (non-hydrogen) atoms. The van der Waals surface area contributed by atoms with E-state index in [1.165, 1.54) is 12.1 Å². The predicted molar refractivity (Wildman–Crippen MR) is 106 cm³/mol. The van der Waals surface area contributed by atoms with Gasteiger partial charge in [-0.15, -0.1) is 0 Å². The minimum Gasteiger partial charge on any atom is -0.476 e. The fraction of sp³-hybridized carbons (Fsp3) is 0.190. The van der Waals surface area contributed by atoms with Gasteiger partial charge in [0.15, 0.2) is 11.3 Å². The summed E-state index contributed by atoms with van der Waals surface area (Å²) in [7, 11) is 0. The number of aliphatic hydroxyl groups excluding tert-OH is 1. The monoisotopic (exact) mass is 394 g/mol. The lowest BCUT2D eigenvalue weighted by molar-refractivity contribution is 0.248. The molecule has 0 aliphatic carbocycles. The molecule has 8 heteroatoms. The van der Waals surface area contributed by atoms with Crippen molar-refractivity contribution < 1.29 is 18.7 Å². The van der Waals surface area contributed by atoms with Crippen molar-refractivity contribution >= 4 is 17.0 Å². The van der Waals surface area contributed by atoms with Crippen LogP contribution in [0.4, 0.5) is 10.3 Å². The normalized spacial score (nSPS) is 11.0. The van der Waals surface area contributed by atoms with E-state index in [1.54, 1.807) is 30.3 Å². The molecule has 0 spiro atoms. The number of benzene rings is 1. The fourth-order valence-electron chi connectivity index (χ4n) is 2.83. The van der Waals surface area contributed by atoms with Crippen molar-refractivity contribution in [3.63, 3.8) is 0 Å². The van der Waals surface area contributed by atoms with Crippen LogP contribution in [0.2, 0.25) is 0 Å². The number of nitrogens with one attached hydrogen (secondary N) is 1. The molecule has 0 saturated carbocycles. The van der Waals surface area contributed by atoms with Crippen LogP contribution in [0.3, 0.4) is 0 Å². The number of anilines is 1. The van der Waals surface area contributed by atoms with Gasteiger partial charge in [0, 0.05) is 6.54 Å². The van der Waals surface area contributed by atoms with E-state index in [0.29, 0.717) is 53.2 Å². The highest BCUT2D eigenvalue weighted by Gasteiger charge is 2.14. The third kappa shape index (κ3) is 4.17. The number of pyridine rings is 1. The van der Waals surface area contributed by atoms with E-state index in [1.807, 2.05) is 13.0 Å². The second-order valence-electron chi connectivity index (χ2n) is 6.25. The summed E-state index contributed by atoms with van der Waals surface area (Å²) >= 11 is 0. The molecule has 2 N–H and O–H groups in total. The van der Waals surface area contributed by atoms with Crippen molar-refractivity contribution in [2.24, 2.45) is 0 Å². The molecular weight excluding hydrogens is 375 g/mol. The molecule has 0 unspecified atom stereocenters. The van der Waals surface area contributed by atoms with Crippen LogP contribution < -0.4 is 10.1 Å². The van der Waals surface area contributed by atoms with E-state index in [4.69, 9.17) is 9.15 Å². The highest BCUT2D eigenvalue weighted by atomic mass is 19.1. The average molecular weight is 394 g/mol. The molecule has 0 saturated heterocycles. The highest BCUT2D eigenvalue weighted by molar-refractivity contribution is 5.82. The second-order valence-corrected chi connectivity index (χ2v) is 6.25. The zero-order chi connectivity index (χ0) is 20.2. The number of halogens is 1. The first-order valence-corrected chi connectivity index (χ1v) is 9.16. The molecule has 1 aromatic carbocycles. The van der Waals surface area contributed by atoms with Gasteiger partial charge in [-0.2, -0.15) is 4.98 Å². The van der Waals surface area contributed by atoms with Crippen molar-refractivity contribution in [1.82, 2.24) is 15.0 Å². The first-order valence-electron chi connectivity index (χ1n) is 9.16. The Balaban J connectivity index is 1.65. The number of nitrogens with zero attached hydrogens (tertiary/aromatic N) is 3. The Hall–Kier alpha value is -3.52. The summed E-state index contributed by atoms with van der Waals surface area (Å²) in [6.45, 7) is 2.55. The molecule has 0 aliphatic heterocycles. The Bertz CT molecular complexity index is 1130. The van der Waals surface area contributed by atoms with E-state index in [2.05, 4.69) is 20.3 Å². The van der Waals surface area contributed by atoms with Crippen molar-refractivity contribution in [1.29, 1.82) is 0 Å². The van der Waals surface area contributed by atoms with Crippen molar-refractivity contribution in [2.75, 3.05) is 11.9 Å². The number of hydrogen-bond donors (Lipinski definition) is 2. The summed E-state index contributed by atoms with van der Waals surface area (Å²) in [5.74, 6) is 1.47. The van der Waals surface area contributed by atoms with E-state index in [-0.39, 0.29) is 12.4 Å². The van der Waals surface area contributed by atoms with Crippen molar-refractivity contribution in [3.05, 3.63) is 65.7 Å².